The van der Waals surface area contributed by atoms with Gasteiger partial charge in [0.15, 0.2) is 0 Å². The van der Waals surface area contributed by atoms with Crippen molar-refractivity contribution in [3.8, 4) is 0 Å². The van der Waals surface area contributed by atoms with Crippen LogP contribution in [0.1, 0.15) is 130 Å². The summed E-state index contributed by atoms with van der Waals surface area (Å²) in [6.45, 7) is 10.5. The molecule has 1 rings (SSSR count). The second-order valence-corrected chi connectivity index (χ2v) is 10.1. The van der Waals surface area contributed by atoms with Crippen molar-refractivity contribution in [2.75, 3.05) is 19.8 Å². The van der Waals surface area contributed by atoms with Crippen molar-refractivity contribution >= 4 is 0 Å². The maximum absolute atomic E-state index is 13.4. The summed E-state index contributed by atoms with van der Waals surface area (Å²) < 4.78 is 46.0. The molecule has 36 heavy (non-hydrogen) atoms. The highest BCUT2D eigenvalue weighted by Gasteiger charge is 2.41. The third-order valence-electron chi connectivity index (χ3n) is 6.62. The van der Waals surface area contributed by atoms with Crippen molar-refractivity contribution in [3.63, 3.8) is 0 Å². The van der Waals surface area contributed by atoms with Gasteiger partial charge >= 0.3 is 0 Å². The molecule has 1 atom stereocenters. The van der Waals surface area contributed by atoms with Crippen molar-refractivity contribution in [3.05, 3.63) is 35.4 Å². The molecule has 0 aliphatic rings. The van der Waals surface area contributed by atoms with Crippen LogP contribution in [0.15, 0.2) is 18.2 Å². The summed E-state index contributed by atoms with van der Waals surface area (Å²) in [5, 5.41) is 0. The van der Waals surface area contributed by atoms with E-state index in [0.29, 0.717) is 26.2 Å². The third kappa shape index (κ3) is 14.0. The fourth-order valence-electron chi connectivity index (χ4n) is 4.71. The highest BCUT2D eigenvalue weighted by Crippen LogP contribution is 2.35. The van der Waals surface area contributed by atoms with Crippen LogP contribution < -0.4 is 0 Å². The summed E-state index contributed by atoms with van der Waals surface area (Å²) in [5.41, 5.74) is 0.737. The topological polar surface area (TPSA) is 27.7 Å². The van der Waals surface area contributed by atoms with Gasteiger partial charge < -0.3 is 14.2 Å². The molecular weight excluding hydrogens is 458 g/mol. The number of unbranched alkanes of at least 4 members (excludes halogenated alkanes) is 8. The van der Waals surface area contributed by atoms with Gasteiger partial charge in [-0.15, -0.1) is 0 Å². The predicted molar refractivity (Wildman–Crippen MR) is 146 cm³/mol. The van der Waals surface area contributed by atoms with E-state index in [4.69, 9.17) is 14.2 Å². The number of halogens is 2. The summed E-state index contributed by atoms with van der Waals surface area (Å²) in [6, 6.07) is 3.81. The molecule has 0 bridgehead atoms. The maximum Gasteiger partial charge on any atom is 0.285 e. The van der Waals surface area contributed by atoms with Crippen LogP contribution in [0.5, 0.6) is 0 Å². The molecule has 0 aromatic heterocycles. The predicted octanol–water partition coefficient (Wildman–Crippen LogP) is 9.76. The number of rotatable bonds is 24. The molecule has 0 N–H and O–H groups in total. The standard InChI is InChI=1S/C31H54F2O3/c1-5-9-10-11-12-16-19-28(31(34-21-6-2,35-22-7-3)36-23-8-4)20-17-14-13-15-18-27-24-29(32)26-30(33)25-27/h24-26,28H,5-23H2,1-4H3. The Morgan fingerprint density at radius 3 is 1.50 bits per heavy atom. The van der Waals surface area contributed by atoms with E-state index < -0.39 is 17.6 Å². The Bertz CT molecular complexity index is 611. The summed E-state index contributed by atoms with van der Waals surface area (Å²) >= 11 is 0. The highest BCUT2D eigenvalue weighted by atomic mass is 19.1. The van der Waals surface area contributed by atoms with Crippen molar-refractivity contribution in [1.82, 2.24) is 0 Å². The molecule has 5 heteroatoms. The maximum atomic E-state index is 13.4. The van der Waals surface area contributed by atoms with Gasteiger partial charge in [-0.3, -0.25) is 0 Å². The highest BCUT2D eigenvalue weighted by molar-refractivity contribution is 5.17. The normalized spacial score (nSPS) is 12.8. The molecule has 0 saturated heterocycles. The van der Waals surface area contributed by atoms with E-state index in [1.807, 2.05) is 0 Å². The van der Waals surface area contributed by atoms with Crippen LogP contribution in [0.4, 0.5) is 8.78 Å². The van der Waals surface area contributed by atoms with Gasteiger partial charge in [0.2, 0.25) is 0 Å². The molecule has 0 radical (unpaired) electrons. The molecule has 0 spiro atoms. The van der Waals surface area contributed by atoms with Gasteiger partial charge in [0.25, 0.3) is 5.97 Å². The minimum Gasteiger partial charge on any atom is -0.327 e. The molecule has 0 fully saturated rings. The molecule has 0 saturated carbocycles. The Hall–Kier alpha value is -1.04. The van der Waals surface area contributed by atoms with Crippen LogP contribution >= 0.6 is 0 Å². The number of hydrogen-bond donors (Lipinski definition) is 0. The Morgan fingerprint density at radius 2 is 1.03 bits per heavy atom. The number of ether oxygens (including phenoxy) is 3. The largest absolute Gasteiger partial charge is 0.327 e. The zero-order chi connectivity index (χ0) is 26.5. The Kier molecular flexibility index (Phi) is 19.2. The zero-order valence-electron chi connectivity index (χ0n) is 23.7. The van der Waals surface area contributed by atoms with Crippen molar-refractivity contribution in [2.24, 2.45) is 5.92 Å². The third-order valence-corrected chi connectivity index (χ3v) is 6.62. The van der Waals surface area contributed by atoms with E-state index in [0.717, 1.165) is 69.4 Å². The minimum atomic E-state index is -0.954. The zero-order valence-corrected chi connectivity index (χ0v) is 23.7. The molecule has 3 nitrogen and oxygen atoms in total. The van der Waals surface area contributed by atoms with Crippen LogP contribution in [0.2, 0.25) is 0 Å². The van der Waals surface area contributed by atoms with E-state index in [9.17, 15) is 8.78 Å². The summed E-state index contributed by atoms with van der Waals surface area (Å²) in [5.74, 6) is -1.74. The summed E-state index contributed by atoms with van der Waals surface area (Å²) in [6.07, 6.45) is 17.2. The van der Waals surface area contributed by atoms with Gasteiger partial charge in [0.05, 0.1) is 19.8 Å². The van der Waals surface area contributed by atoms with Gasteiger partial charge in [-0.2, -0.15) is 0 Å². The van der Waals surface area contributed by atoms with Gasteiger partial charge in [0.1, 0.15) is 11.6 Å². The van der Waals surface area contributed by atoms with Crippen LogP contribution in [0, 0.1) is 17.6 Å². The SMILES string of the molecule is CCCCCCCCC(CCCCCCc1cc(F)cc(F)c1)C(OCCC)(OCCC)OCCC. The van der Waals surface area contributed by atoms with Gasteiger partial charge in [-0.05, 0) is 62.6 Å². The lowest BCUT2D eigenvalue weighted by Crippen LogP contribution is -2.47. The van der Waals surface area contributed by atoms with Gasteiger partial charge in [0, 0.05) is 12.0 Å². The van der Waals surface area contributed by atoms with Crippen molar-refractivity contribution in [2.45, 2.75) is 136 Å². The summed E-state index contributed by atoms with van der Waals surface area (Å²) in [4.78, 5) is 0. The molecule has 1 aromatic carbocycles. The van der Waals surface area contributed by atoms with E-state index in [2.05, 4.69) is 27.7 Å². The van der Waals surface area contributed by atoms with Crippen LogP contribution in [-0.2, 0) is 20.6 Å². The van der Waals surface area contributed by atoms with Crippen LogP contribution in [0.3, 0.4) is 0 Å². The molecule has 0 heterocycles. The Labute approximate surface area is 220 Å². The lowest BCUT2D eigenvalue weighted by Gasteiger charge is -2.40. The molecule has 1 aromatic rings. The first-order chi connectivity index (χ1) is 17.5. The van der Waals surface area contributed by atoms with Crippen molar-refractivity contribution in [1.29, 1.82) is 0 Å². The fourth-order valence-corrected chi connectivity index (χ4v) is 4.71. The first-order valence-electron chi connectivity index (χ1n) is 14.9. The Balaban J connectivity index is 2.72. The van der Waals surface area contributed by atoms with E-state index >= 15 is 0 Å². The minimum absolute atomic E-state index is 0.200. The lowest BCUT2D eigenvalue weighted by molar-refractivity contribution is -0.406. The quantitative estimate of drug-likeness (QED) is 0.102. The van der Waals surface area contributed by atoms with E-state index in [1.165, 1.54) is 50.7 Å². The second kappa shape index (κ2) is 21.0. The first kappa shape index (κ1) is 33.0. The fraction of sp³-hybridized carbons (Fsp3) is 0.806. The smallest absolute Gasteiger partial charge is 0.285 e. The number of hydrogen-bond acceptors (Lipinski definition) is 3. The van der Waals surface area contributed by atoms with E-state index in [1.54, 1.807) is 0 Å². The lowest BCUT2D eigenvalue weighted by atomic mass is 9.91. The average molecular weight is 513 g/mol. The van der Waals surface area contributed by atoms with Gasteiger partial charge in [-0.25, -0.2) is 8.78 Å². The second-order valence-electron chi connectivity index (χ2n) is 10.1. The molecule has 1 unspecified atom stereocenters. The molecule has 210 valence electrons. The average Bonchev–Trinajstić information content (AvgIpc) is 2.86. The number of benzene rings is 1. The van der Waals surface area contributed by atoms with Crippen LogP contribution in [0.25, 0.3) is 0 Å². The van der Waals surface area contributed by atoms with E-state index in [-0.39, 0.29) is 5.92 Å². The molecule has 0 aliphatic carbocycles. The number of aryl methyl sites for hydroxylation is 1. The monoisotopic (exact) mass is 512 g/mol. The summed E-state index contributed by atoms with van der Waals surface area (Å²) in [7, 11) is 0. The molecular formula is C31H54F2O3. The first-order valence-corrected chi connectivity index (χ1v) is 14.9. The Morgan fingerprint density at radius 1 is 0.583 bits per heavy atom. The van der Waals surface area contributed by atoms with Crippen molar-refractivity contribution < 1.29 is 23.0 Å². The van der Waals surface area contributed by atoms with Crippen LogP contribution in [-0.4, -0.2) is 25.8 Å². The molecule has 0 amide bonds. The molecule has 0 aliphatic heterocycles. The van der Waals surface area contributed by atoms with Gasteiger partial charge in [-0.1, -0.05) is 85.5 Å².